The Kier molecular flexibility index (Phi) is 2.63. The van der Waals surface area contributed by atoms with Gasteiger partial charge in [0, 0.05) is 0 Å². The molecule has 0 aliphatic heterocycles. The highest BCUT2D eigenvalue weighted by atomic mass is 16.5. The van der Waals surface area contributed by atoms with Crippen LogP contribution in [0.1, 0.15) is 16.2 Å². The number of ether oxygens (including phenoxy) is 1. The first-order chi connectivity index (χ1) is 7.72. The van der Waals surface area contributed by atoms with Gasteiger partial charge in [-0.05, 0) is 41.6 Å². The first kappa shape index (κ1) is 10.3. The highest BCUT2D eigenvalue weighted by Gasteiger charge is 2.07. The third kappa shape index (κ3) is 1.77. The number of carbonyl (C=O) groups is 1. The van der Waals surface area contributed by atoms with Crippen LogP contribution in [-0.4, -0.2) is 33.3 Å². The molecule has 0 saturated heterocycles. The van der Waals surface area contributed by atoms with Crippen LogP contribution >= 0.6 is 0 Å². The van der Waals surface area contributed by atoms with Crippen molar-refractivity contribution in [3.05, 3.63) is 35.7 Å². The van der Waals surface area contributed by atoms with E-state index in [1.807, 2.05) is 0 Å². The summed E-state index contributed by atoms with van der Waals surface area (Å²) in [6, 6.07) is 6.86. The van der Waals surface area contributed by atoms with E-state index in [1.165, 1.54) is 7.11 Å². The van der Waals surface area contributed by atoms with Gasteiger partial charge in [0.1, 0.15) is 0 Å². The zero-order valence-electron chi connectivity index (χ0n) is 8.91. The molecule has 1 heterocycles. The minimum absolute atomic E-state index is 0.361. The summed E-state index contributed by atoms with van der Waals surface area (Å²) in [6.07, 6.45) is 0. The van der Waals surface area contributed by atoms with E-state index in [-0.39, 0.29) is 5.97 Å². The average molecular weight is 218 g/mol. The fourth-order valence-corrected chi connectivity index (χ4v) is 1.33. The van der Waals surface area contributed by atoms with Crippen LogP contribution in [0.3, 0.4) is 0 Å². The number of rotatable bonds is 2. The van der Waals surface area contributed by atoms with Crippen molar-refractivity contribution in [2.24, 2.45) is 0 Å². The summed E-state index contributed by atoms with van der Waals surface area (Å²) >= 11 is 0. The molecule has 0 unspecified atom stereocenters. The van der Waals surface area contributed by atoms with Crippen molar-refractivity contribution in [2.75, 3.05) is 7.11 Å². The molecule has 1 aromatic heterocycles. The predicted octanol–water partition coefficient (Wildman–Crippen LogP) is 0.757. The van der Waals surface area contributed by atoms with Gasteiger partial charge in [-0.25, -0.2) is 4.79 Å². The van der Waals surface area contributed by atoms with E-state index >= 15 is 0 Å². The maximum atomic E-state index is 11.2. The second kappa shape index (κ2) is 4.09. The van der Waals surface area contributed by atoms with E-state index in [9.17, 15) is 4.79 Å². The molecule has 2 aromatic rings. The van der Waals surface area contributed by atoms with E-state index < -0.39 is 0 Å². The van der Waals surface area contributed by atoms with E-state index in [0.717, 1.165) is 5.69 Å². The topological polar surface area (TPSA) is 69.9 Å². The van der Waals surface area contributed by atoms with Gasteiger partial charge >= 0.3 is 5.97 Å². The van der Waals surface area contributed by atoms with Gasteiger partial charge in [0.15, 0.2) is 5.82 Å². The highest BCUT2D eigenvalue weighted by molar-refractivity contribution is 5.89. The van der Waals surface area contributed by atoms with Gasteiger partial charge in [0.25, 0.3) is 0 Å². The molecule has 0 saturated carbocycles. The lowest BCUT2D eigenvalue weighted by Gasteiger charge is -2.02. The van der Waals surface area contributed by atoms with E-state index in [2.05, 4.69) is 20.3 Å². The van der Waals surface area contributed by atoms with Crippen molar-refractivity contribution in [3.8, 4) is 5.69 Å². The van der Waals surface area contributed by atoms with Crippen LogP contribution in [-0.2, 0) is 4.74 Å². The smallest absolute Gasteiger partial charge is 0.337 e. The summed E-state index contributed by atoms with van der Waals surface area (Å²) in [5, 5.41) is 11.1. The summed E-state index contributed by atoms with van der Waals surface area (Å²) < 4.78 is 6.19. The van der Waals surface area contributed by atoms with Gasteiger partial charge < -0.3 is 4.74 Å². The van der Waals surface area contributed by atoms with Gasteiger partial charge in [-0.2, -0.15) is 4.68 Å². The van der Waals surface area contributed by atoms with Crippen molar-refractivity contribution in [2.45, 2.75) is 6.92 Å². The first-order valence-corrected chi connectivity index (χ1v) is 4.66. The largest absolute Gasteiger partial charge is 0.465 e. The van der Waals surface area contributed by atoms with Crippen LogP contribution in [0.15, 0.2) is 24.3 Å². The molecule has 0 aliphatic carbocycles. The third-order valence-electron chi connectivity index (χ3n) is 2.16. The second-order valence-electron chi connectivity index (χ2n) is 3.18. The number of nitrogens with zero attached hydrogens (tertiary/aromatic N) is 4. The maximum absolute atomic E-state index is 11.2. The third-order valence-corrected chi connectivity index (χ3v) is 2.16. The Morgan fingerprint density at radius 3 is 2.50 bits per heavy atom. The monoisotopic (exact) mass is 218 g/mol. The van der Waals surface area contributed by atoms with Gasteiger partial charge in [-0.3, -0.25) is 0 Å². The lowest BCUT2D eigenvalue weighted by atomic mass is 10.2. The molecule has 0 amide bonds. The Morgan fingerprint density at radius 2 is 2.00 bits per heavy atom. The molecule has 1 aromatic carbocycles. The SMILES string of the molecule is COC(=O)c1ccc(-n2nnnc2C)cc1. The normalized spacial score (nSPS) is 10.1. The lowest BCUT2D eigenvalue weighted by Crippen LogP contribution is -2.03. The minimum Gasteiger partial charge on any atom is -0.465 e. The number of aryl methyl sites for hydroxylation is 1. The molecule has 6 heteroatoms. The van der Waals surface area contributed by atoms with Crippen molar-refractivity contribution < 1.29 is 9.53 Å². The molecule has 0 N–H and O–H groups in total. The standard InChI is InChI=1S/C10H10N4O2/c1-7-11-12-13-14(7)9-5-3-8(4-6-9)10(15)16-2/h3-6H,1-2H3. The molecule has 82 valence electrons. The summed E-state index contributed by atoms with van der Waals surface area (Å²) in [7, 11) is 1.35. The summed E-state index contributed by atoms with van der Waals surface area (Å²) in [4.78, 5) is 11.2. The fraction of sp³-hybridized carbons (Fsp3) is 0.200. The minimum atomic E-state index is -0.361. The summed E-state index contributed by atoms with van der Waals surface area (Å²) in [5.74, 6) is 0.325. The molecule has 2 rings (SSSR count). The van der Waals surface area contributed by atoms with Gasteiger partial charge in [0.2, 0.25) is 0 Å². The van der Waals surface area contributed by atoms with Gasteiger partial charge in [-0.15, -0.1) is 5.10 Å². The van der Waals surface area contributed by atoms with Crippen molar-refractivity contribution in [1.82, 2.24) is 20.2 Å². The predicted molar refractivity (Wildman–Crippen MR) is 55.2 cm³/mol. The zero-order valence-corrected chi connectivity index (χ0v) is 8.91. The molecule has 16 heavy (non-hydrogen) atoms. The Morgan fingerprint density at radius 1 is 1.31 bits per heavy atom. The lowest BCUT2D eigenvalue weighted by molar-refractivity contribution is 0.0601. The number of hydrogen-bond acceptors (Lipinski definition) is 5. The summed E-state index contributed by atoms with van der Waals surface area (Å²) in [6.45, 7) is 1.80. The number of carbonyl (C=O) groups excluding carboxylic acids is 1. The van der Waals surface area contributed by atoms with Crippen molar-refractivity contribution >= 4 is 5.97 Å². The molecule has 0 spiro atoms. The molecule has 0 atom stereocenters. The maximum Gasteiger partial charge on any atom is 0.337 e. The molecule has 0 fully saturated rings. The molecule has 0 radical (unpaired) electrons. The molecular weight excluding hydrogens is 208 g/mol. The Balaban J connectivity index is 2.33. The number of aromatic nitrogens is 4. The second-order valence-corrected chi connectivity index (χ2v) is 3.18. The van der Waals surface area contributed by atoms with Crippen molar-refractivity contribution in [1.29, 1.82) is 0 Å². The number of hydrogen-bond donors (Lipinski definition) is 0. The van der Waals surface area contributed by atoms with Crippen LogP contribution < -0.4 is 0 Å². The molecule has 0 aliphatic rings. The molecular formula is C10H10N4O2. The van der Waals surface area contributed by atoms with E-state index in [4.69, 9.17) is 0 Å². The van der Waals surface area contributed by atoms with Crippen LogP contribution in [0.2, 0.25) is 0 Å². The number of benzene rings is 1. The van der Waals surface area contributed by atoms with Crippen LogP contribution in [0, 0.1) is 6.92 Å². The van der Waals surface area contributed by atoms with Crippen LogP contribution in [0.25, 0.3) is 5.69 Å². The van der Waals surface area contributed by atoms with E-state index in [1.54, 1.807) is 35.9 Å². The first-order valence-electron chi connectivity index (χ1n) is 4.66. The Labute approximate surface area is 91.8 Å². The number of methoxy groups -OCH3 is 1. The Hall–Kier alpha value is -2.24. The highest BCUT2D eigenvalue weighted by Crippen LogP contribution is 2.10. The van der Waals surface area contributed by atoms with E-state index in [0.29, 0.717) is 11.4 Å². The van der Waals surface area contributed by atoms with Gasteiger partial charge in [0.05, 0.1) is 18.4 Å². The molecule has 6 nitrogen and oxygen atoms in total. The van der Waals surface area contributed by atoms with Crippen LogP contribution in [0.4, 0.5) is 0 Å². The quantitative estimate of drug-likeness (QED) is 0.696. The molecule has 0 bridgehead atoms. The fourth-order valence-electron chi connectivity index (χ4n) is 1.33. The van der Waals surface area contributed by atoms with Crippen molar-refractivity contribution in [3.63, 3.8) is 0 Å². The number of tetrazole rings is 1. The zero-order chi connectivity index (χ0) is 11.5. The van der Waals surface area contributed by atoms with Crippen LogP contribution in [0.5, 0.6) is 0 Å². The Bertz CT molecular complexity index is 504. The van der Waals surface area contributed by atoms with Gasteiger partial charge in [-0.1, -0.05) is 0 Å². The number of esters is 1. The average Bonchev–Trinajstić information content (AvgIpc) is 2.75. The summed E-state index contributed by atoms with van der Waals surface area (Å²) in [5.41, 5.74) is 1.30.